The zero-order valence-electron chi connectivity index (χ0n) is 10.6. The number of benzene rings is 1. The third-order valence-electron chi connectivity index (χ3n) is 2.52. The van der Waals surface area contributed by atoms with Crippen molar-refractivity contribution in [3.63, 3.8) is 0 Å². The molecule has 0 aliphatic rings. The molecule has 1 atom stereocenters. The molecule has 0 saturated heterocycles. The van der Waals surface area contributed by atoms with Gasteiger partial charge in [0.15, 0.2) is 0 Å². The van der Waals surface area contributed by atoms with E-state index in [-0.39, 0.29) is 5.91 Å². The molecule has 3 N–H and O–H groups in total. The minimum Gasteiger partial charge on any atom is -0.467 e. The SMILES string of the molecule is CCCC(NC(=O)c1cccc(N)c1)C(=O)OC. The molecule has 1 aromatic carbocycles. The fourth-order valence-corrected chi connectivity index (χ4v) is 1.60. The highest BCUT2D eigenvalue weighted by atomic mass is 16.5. The van der Waals surface area contributed by atoms with Gasteiger partial charge in [0.25, 0.3) is 5.91 Å². The second kappa shape index (κ2) is 6.64. The molecule has 0 radical (unpaired) electrons. The third kappa shape index (κ3) is 3.76. The van der Waals surface area contributed by atoms with E-state index >= 15 is 0 Å². The second-order valence-electron chi connectivity index (χ2n) is 3.96. The molecule has 18 heavy (non-hydrogen) atoms. The Bertz CT molecular complexity index is 432. The summed E-state index contributed by atoms with van der Waals surface area (Å²) < 4.78 is 4.65. The highest BCUT2D eigenvalue weighted by Gasteiger charge is 2.20. The third-order valence-corrected chi connectivity index (χ3v) is 2.52. The Morgan fingerprint density at radius 1 is 1.44 bits per heavy atom. The van der Waals surface area contributed by atoms with Gasteiger partial charge < -0.3 is 15.8 Å². The Labute approximate surface area is 106 Å². The molecule has 5 nitrogen and oxygen atoms in total. The number of ether oxygens (including phenoxy) is 1. The number of carbonyl (C=O) groups excluding carboxylic acids is 2. The number of esters is 1. The van der Waals surface area contributed by atoms with Gasteiger partial charge in [0.05, 0.1) is 7.11 Å². The highest BCUT2D eigenvalue weighted by molar-refractivity contribution is 5.97. The quantitative estimate of drug-likeness (QED) is 0.610. The summed E-state index contributed by atoms with van der Waals surface area (Å²) in [7, 11) is 1.30. The maximum absolute atomic E-state index is 11.9. The van der Waals surface area contributed by atoms with Crippen LogP contribution in [0.4, 0.5) is 5.69 Å². The lowest BCUT2D eigenvalue weighted by molar-refractivity contribution is -0.143. The van der Waals surface area contributed by atoms with Crippen LogP contribution in [0.15, 0.2) is 24.3 Å². The van der Waals surface area contributed by atoms with Crippen LogP contribution in [0, 0.1) is 0 Å². The van der Waals surface area contributed by atoms with E-state index in [0.29, 0.717) is 17.7 Å². The average Bonchev–Trinajstić information content (AvgIpc) is 2.37. The van der Waals surface area contributed by atoms with Crippen LogP contribution >= 0.6 is 0 Å². The van der Waals surface area contributed by atoms with Gasteiger partial charge in [-0.1, -0.05) is 19.4 Å². The number of carbonyl (C=O) groups is 2. The summed E-state index contributed by atoms with van der Waals surface area (Å²) >= 11 is 0. The minimum absolute atomic E-state index is 0.328. The fraction of sp³-hybridized carbons (Fsp3) is 0.385. The molecular formula is C13H18N2O3. The van der Waals surface area contributed by atoms with Gasteiger partial charge in [0.1, 0.15) is 6.04 Å². The lowest BCUT2D eigenvalue weighted by atomic mass is 10.1. The first kappa shape index (κ1) is 14.0. The number of amides is 1. The van der Waals surface area contributed by atoms with E-state index < -0.39 is 12.0 Å². The predicted molar refractivity (Wildman–Crippen MR) is 69.0 cm³/mol. The maximum Gasteiger partial charge on any atom is 0.328 e. The van der Waals surface area contributed by atoms with Crippen molar-refractivity contribution in [1.82, 2.24) is 5.32 Å². The number of nitrogen functional groups attached to an aromatic ring is 1. The van der Waals surface area contributed by atoms with Crippen LogP contribution in [0.3, 0.4) is 0 Å². The van der Waals surface area contributed by atoms with E-state index in [1.807, 2.05) is 6.92 Å². The first-order valence-electron chi connectivity index (χ1n) is 5.82. The van der Waals surface area contributed by atoms with Crippen molar-refractivity contribution >= 4 is 17.6 Å². The van der Waals surface area contributed by atoms with Crippen LogP contribution in [0.5, 0.6) is 0 Å². The maximum atomic E-state index is 11.9. The summed E-state index contributed by atoms with van der Waals surface area (Å²) in [5, 5.41) is 2.64. The van der Waals surface area contributed by atoms with Gasteiger partial charge in [0.2, 0.25) is 0 Å². The Morgan fingerprint density at radius 2 is 2.17 bits per heavy atom. The number of hydrogen-bond donors (Lipinski definition) is 2. The van der Waals surface area contributed by atoms with Gasteiger partial charge in [-0.25, -0.2) is 4.79 Å². The number of rotatable bonds is 5. The van der Waals surface area contributed by atoms with E-state index in [9.17, 15) is 9.59 Å². The number of methoxy groups -OCH3 is 1. The molecule has 1 amide bonds. The van der Waals surface area contributed by atoms with Crippen LogP contribution < -0.4 is 11.1 Å². The molecule has 1 aromatic rings. The summed E-state index contributed by atoms with van der Waals surface area (Å²) in [5.74, 6) is -0.764. The Morgan fingerprint density at radius 3 is 2.72 bits per heavy atom. The molecular weight excluding hydrogens is 232 g/mol. The molecule has 98 valence electrons. The predicted octanol–water partition coefficient (Wildman–Crippen LogP) is 1.34. The van der Waals surface area contributed by atoms with Gasteiger partial charge in [0, 0.05) is 11.3 Å². The molecule has 0 aliphatic heterocycles. The van der Waals surface area contributed by atoms with Gasteiger partial charge >= 0.3 is 5.97 Å². The van der Waals surface area contributed by atoms with Crippen LogP contribution in [0.2, 0.25) is 0 Å². The van der Waals surface area contributed by atoms with E-state index in [1.165, 1.54) is 7.11 Å². The summed E-state index contributed by atoms with van der Waals surface area (Å²) in [6, 6.07) is 5.98. The van der Waals surface area contributed by atoms with Crippen LogP contribution in [-0.2, 0) is 9.53 Å². The number of anilines is 1. The Kier molecular flexibility index (Phi) is 5.17. The second-order valence-corrected chi connectivity index (χ2v) is 3.96. The molecule has 0 saturated carbocycles. The van der Waals surface area contributed by atoms with Crippen LogP contribution in [-0.4, -0.2) is 25.0 Å². The van der Waals surface area contributed by atoms with E-state index in [1.54, 1.807) is 24.3 Å². The molecule has 0 bridgehead atoms. The molecule has 1 rings (SSSR count). The zero-order valence-corrected chi connectivity index (χ0v) is 10.6. The normalized spacial score (nSPS) is 11.7. The number of hydrogen-bond acceptors (Lipinski definition) is 4. The first-order valence-corrected chi connectivity index (χ1v) is 5.82. The lowest BCUT2D eigenvalue weighted by Gasteiger charge is -2.15. The lowest BCUT2D eigenvalue weighted by Crippen LogP contribution is -2.41. The molecule has 0 fully saturated rings. The molecule has 0 aromatic heterocycles. The largest absolute Gasteiger partial charge is 0.467 e. The molecule has 0 heterocycles. The summed E-state index contributed by atoms with van der Waals surface area (Å²) in [6.45, 7) is 1.93. The van der Waals surface area contributed by atoms with Gasteiger partial charge in [-0.2, -0.15) is 0 Å². The fourth-order valence-electron chi connectivity index (χ4n) is 1.60. The van der Waals surface area contributed by atoms with Crippen molar-refractivity contribution in [1.29, 1.82) is 0 Å². The first-order chi connectivity index (χ1) is 8.58. The van der Waals surface area contributed by atoms with E-state index in [0.717, 1.165) is 6.42 Å². The Hall–Kier alpha value is -2.04. The Balaban J connectivity index is 2.75. The van der Waals surface area contributed by atoms with E-state index in [4.69, 9.17) is 5.73 Å². The van der Waals surface area contributed by atoms with Crippen molar-refractivity contribution in [3.05, 3.63) is 29.8 Å². The van der Waals surface area contributed by atoms with Gasteiger partial charge in [-0.05, 0) is 24.6 Å². The zero-order chi connectivity index (χ0) is 13.5. The molecule has 1 unspecified atom stereocenters. The number of nitrogens with two attached hydrogens (primary N) is 1. The minimum atomic E-state index is -0.617. The van der Waals surface area contributed by atoms with Crippen molar-refractivity contribution in [2.24, 2.45) is 0 Å². The van der Waals surface area contributed by atoms with Crippen molar-refractivity contribution in [2.45, 2.75) is 25.8 Å². The number of nitrogens with one attached hydrogen (secondary N) is 1. The summed E-state index contributed by atoms with van der Waals surface area (Å²) in [4.78, 5) is 23.4. The highest BCUT2D eigenvalue weighted by Crippen LogP contribution is 2.08. The van der Waals surface area contributed by atoms with Crippen molar-refractivity contribution in [3.8, 4) is 0 Å². The summed E-state index contributed by atoms with van der Waals surface area (Å²) in [5.41, 5.74) is 6.54. The molecule has 0 spiro atoms. The smallest absolute Gasteiger partial charge is 0.328 e. The summed E-state index contributed by atoms with van der Waals surface area (Å²) in [6.07, 6.45) is 1.32. The molecule has 0 aliphatic carbocycles. The van der Waals surface area contributed by atoms with E-state index in [2.05, 4.69) is 10.1 Å². The standard InChI is InChI=1S/C13H18N2O3/c1-3-5-11(13(17)18-2)15-12(16)9-6-4-7-10(14)8-9/h4,6-8,11H,3,5,14H2,1-2H3,(H,15,16). The van der Waals surface area contributed by atoms with Gasteiger partial charge in [-0.15, -0.1) is 0 Å². The van der Waals surface area contributed by atoms with Crippen molar-refractivity contribution < 1.29 is 14.3 Å². The monoisotopic (exact) mass is 250 g/mol. The van der Waals surface area contributed by atoms with Crippen LogP contribution in [0.25, 0.3) is 0 Å². The average molecular weight is 250 g/mol. The topological polar surface area (TPSA) is 81.4 Å². The van der Waals surface area contributed by atoms with Crippen LogP contribution in [0.1, 0.15) is 30.1 Å². The molecule has 5 heteroatoms. The van der Waals surface area contributed by atoms with Gasteiger partial charge in [-0.3, -0.25) is 4.79 Å². The van der Waals surface area contributed by atoms with Crippen molar-refractivity contribution in [2.75, 3.05) is 12.8 Å².